The lowest BCUT2D eigenvalue weighted by Gasteiger charge is -2.19. The van der Waals surface area contributed by atoms with Crippen LogP contribution in [0.4, 0.5) is 0 Å². The second-order valence-electron chi connectivity index (χ2n) is 6.23. The molecule has 0 fully saturated rings. The van der Waals surface area contributed by atoms with Gasteiger partial charge in [-0.2, -0.15) is 0 Å². The van der Waals surface area contributed by atoms with E-state index in [1.54, 1.807) is 0 Å². The van der Waals surface area contributed by atoms with Crippen LogP contribution < -0.4 is 15.6 Å². The van der Waals surface area contributed by atoms with Crippen molar-refractivity contribution >= 4 is 24.4 Å². The van der Waals surface area contributed by atoms with Crippen LogP contribution in [0.25, 0.3) is 11.4 Å². The minimum Gasteiger partial charge on any atom is -0.255 e. The number of hydrogen-bond donors (Lipinski definition) is 0. The highest BCUT2D eigenvalue weighted by Gasteiger charge is 2.23. The number of benzene rings is 2. The van der Waals surface area contributed by atoms with Gasteiger partial charge in [0.25, 0.3) is 0 Å². The summed E-state index contributed by atoms with van der Waals surface area (Å²) in [6.45, 7) is 2.05. The van der Waals surface area contributed by atoms with Crippen LogP contribution in [0.5, 0.6) is 0 Å². The van der Waals surface area contributed by atoms with Gasteiger partial charge in [-0.05, 0) is 29.8 Å². The van der Waals surface area contributed by atoms with Crippen molar-refractivity contribution in [3.8, 4) is 11.4 Å². The summed E-state index contributed by atoms with van der Waals surface area (Å²) in [5.74, 6) is 0. The van der Waals surface area contributed by atoms with Crippen LogP contribution in [-0.4, -0.2) is 18.8 Å². The Hall–Kier alpha value is -3.04. The molecule has 0 N–H and O–H groups in total. The molecule has 2 nitrogen and oxygen atoms in total. The predicted molar refractivity (Wildman–Crippen MR) is 110 cm³/mol. The Morgan fingerprint density at radius 2 is 1.31 bits per heavy atom. The summed E-state index contributed by atoms with van der Waals surface area (Å²) in [6.07, 6.45) is 3.76. The van der Waals surface area contributed by atoms with Gasteiger partial charge in [-0.3, -0.25) is 9.97 Å². The van der Waals surface area contributed by atoms with Gasteiger partial charge in [-0.15, -0.1) is 0 Å². The first-order chi connectivity index (χ1) is 12.8. The van der Waals surface area contributed by atoms with Gasteiger partial charge in [0.05, 0.1) is 11.4 Å². The lowest BCUT2D eigenvalue weighted by atomic mass is 10.2. The third kappa shape index (κ3) is 3.34. The van der Waals surface area contributed by atoms with Crippen molar-refractivity contribution in [2.45, 2.75) is 6.92 Å². The number of rotatable bonds is 4. The van der Waals surface area contributed by atoms with Gasteiger partial charge in [0, 0.05) is 12.4 Å². The van der Waals surface area contributed by atoms with E-state index in [0.717, 1.165) is 17.0 Å². The van der Waals surface area contributed by atoms with Crippen molar-refractivity contribution in [1.29, 1.82) is 0 Å². The Morgan fingerprint density at radius 1 is 0.654 bits per heavy atom. The van der Waals surface area contributed by atoms with E-state index in [0.29, 0.717) is 0 Å². The van der Waals surface area contributed by atoms with Crippen molar-refractivity contribution in [2.24, 2.45) is 0 Å². The van der Waals surface area contributed by atoms with Crippen molar-refractivity contribution in [3.05, 3.63) is 103 Å². The maximum absolute atomic E-state index is 4.71. The number of aromatic nitrogens is 2. The highest BCUT2D eigenvalue weighted by molar-refractivity contribution is 6.96. The summed E-state index contributed by atoms with van der Waals surface area (Å²) in [7, 11) is -1.17. The van der Waals surface area contributed by atoms with E-state index in [1.807, 2.05) is 18.5 Å². The zero-order valence-electron chi connectivity index (χ0n) is 14.6. The summed E-state index contributed by atoms with van der Waals surface area (Å²) in [5, 5.41) is 3.97. The fourth-order valence-corrected chi connectivity index (χ4v) is 5.81. The van der Waals surface area contributed by atoms with Crippen LogP contribution in [0.2, 0.25) is 0 Å². The number of hydrogen-bond acceptors (Lipinski definition) is 2. The molecular weight excluding hydrogens is 332 g/mol. The Bertz CT molecular complexity index is 944. The van der Waals surface area contributed by atoms with E-state index in [-0.39, 0.29) is 0 Å². The topological polar surface area (TPSA) is 25.8 Å². The average molecular weight is 352 g/mol. The Balaban J connectivity index is 1.91. The van der Waals surface area contributed by atoms with Crippen LogP contribution in [0, 0.1) is 6.92 Å². The van der Waals surface area contributed by atoms with Gasteiger partial charge in [-0.1, -0.05) is 83.2 Å². The maximum atomic E-state index is 4.71. The molecule has 2 heterocycles. The molecule has 0 aliphatic rings. The van der Waals surface area contributed by atoms with E-state index in [4.69, 9.17) is 4.98 Å². The predicted octanol–water partition coefficient (Wildman–Crippen LogP) is 2.97. The lowest BCUT2D eigenvalue weighted by Crippen LogP contribution is -2.52. The molecule has 125 valence electrons. The minimum atomic E-state index is -1.17. The highest BCUT2D eigenvalue weighted by atomic mass is 28.3. The summed E-state index contributed by atoms with van der Waals surface area (Å²) in [4.78, 5) is 9.35. The molecule has 1 radical (unpaired) electrons. The van der Waals surface area contributed by atoms with E-state index < -0.39 is 8.80 Å². The quantitative estimate of drug-likeness (QED) is 0.528. The molecule has 0 aliphatic carbocycles. The molecule has 2 aromatic carbocycles. The molecule has 0 unspecified atom stereocenters. The molecule has 0 bridgehead atoms. The molecule has 26 heavy (non-hydrogen) atoms. The van der Waals surface area contributed by atoms with E-state index >= 15 is 0 Å². The van der Waals surface area contributed by atoms with Gasteiger partial charge in [0.15, 0.2) is 8.80 Å². The van der Waals surface area contributed by atoms with Crippen LogP contribution in [0.1, 0.15) is 5.56 Å². The van der Waals surface area contributed by atoms with Crippen molar-refractivity contribution in [3.63, 3.8) is 0 Å². The van der Waals surface area contributed by atoms with Crippen LogP contribution >= 0.6 is 0 Å². The first-order valence-electron chi connectivity index (χ1n) is 8.69. The van der Waals surface area contributed by atoms with Gasteiger partial charge in [0.1, 0.15) is 0 Å². The van der Waals surface area contributed by atoms with Gasteiger partial charge in [-0.25, -0.2) is 0 Å². The van der Waals surface area contributed by atoms with Crippen molar-refractivity contribution in [2.75, 3.05) is 0 Å². The summed E-state index contributed by atoms with van der Waals surface area (Å²) in [6, 6.07) is 29.9. The van der Waals surface area contributed by atoms with Crippen LogP contribution in [-0.2, 0) is 0 Å². The lowest BCUT2D eigenvalue weighted by molar-refractivity contribution is 1.23. The van der Waals surface area contributed by atoms with Crippen LogP contribution in [0.3, 0.4) is 0 Å². The van der Waals surface area contributed by atoms with Crippen molar-refractivity contribution in [1.82, 2.24) is 9.97 Å². The Morgan fingerprint density at radius 3 is 1.88 bits per heavy atom. The van der Waals surface area contributed by atoms with Crippen LogP contribution in [0.15, 0.2) is 97.3 Å². The molecule has 4 aromatic rings. The average Bonchev–Trinajstić information content (AvgIpc) is 2.71. The molecule has 2 aromatic heterocycles. The summed E-state index contributed by atoms with van der Waals surface area (Å²) in [5.41, 5.74) is 3.07. The molecule has 0 atom stereocenters. The number of aryl methyl sites for hydroxylation is 1. The first kappa shape index (κ1) is 16.4. The highest BCUT2D eigenvalue weighted by Crippen LogP contribution is 2.13. The molecule has 0 saturated heterocycles. The fourth-order valence-electron chi connectivity index (χ4n) is 3.11. The minimum absolute atomic E-state index is 0.931. The maximum Gasteiger partial charge on any atom is 0.157 e. The fraction of sp³-hybridized carbons (Fsp3) is 0.0435. The summed E-state index contributed by atoms with van der Waals surface area (Å²) >= 11 is 0. The molecule has 4 rings (SSSR count). The third-order valence-corrected chi connectivity index (χ3v) is 7.12. The van der Waals surface area contributed by atoms with Gasteiger partial charge >= 0.3 is 0 Å². The molecule has 3 heteroatoms. The standard InChI is InChI=1S/C23H19N2Si/c1-18-14-15-21(25-17-18)23-22(13-8-16-24-23)26(19-9-4-2-5-10-19)20-11-6-3-7-12-20/h2-17H,1H3. The summed E-state index contributed by atoms with van der Waals surface area (Å²) < 4.78 is 0. The van der Waals surface area contributed by atoms with Gasteiger partial charge in [0.2, 0.25) is 0 Å². The zero-order valence-corrected chi connectivity index (χ0v) is 15.6. The second-order valence-corrected chi connectivity index (χ2v) is 8.67. The van der Waals surface area contributed by atoms with E-state index in [1.165, 1.54) is 15.6 Å². The molecule has 0 amide bonds. The zero-order chi connectivity index (χ0) is 17.8. The number of pyridine rings is 2. The Kier molecular flexibility index (Phi) is 4.71. The van der Waals surface area contributed by atoms with Gasteiger partial charge < -0.3 is 0 Å². The number of nitrogens with zero attached hydrogens (tertiary/aromatic N) is 2. The largest absolute Gasteiger partial charge is 0.255 e. The monoisotopic (exact) mass is 351 g/mol. The third-order valence-electron chi connectivity index (χ3n) is 4.36. The molecule has 0 aliphatic heterocycles. The van der Waals surface area contributed by atoms with E-state index in [2.05, 4.69) is 90.8 Å². The van der Waals surface area contributed by atoms with E-state index in [9.17, 15) is 0 Å². The molecular formula is C23H19N2Si. The van der Waals surface area contributed by atoms with Crippen molar-refractivity contribution < 1.29 is 0 Å². The first-order valence-corrected chi connectivity index (χ1v) is 10.2. The Labute approximate surface area is 155 Å². The second kappa shape index (κ2) is 7.46. The SMILES string of the molecule is Cc1ccc(-c2ncccc2[Si](c2ccccc2)c2ccccc2)nc1. The molecule has 0 saturated carbocycles. The normalized spacial score (nSPS) is 10.8. The smallest absolute Gasteiger partial charge is 0.157 e. The molecule has 0 spiro atoms.